The molecular weight excluding hydrogens is 674 g/mol. The van der Waals surface area contributed by atoms with Gasteiger partial charge in [0.15, 0.2) is 5.54 Å². The summed E-state index contributed by atoms with van der Waals surface area (Å²) in [6, 6.07) is 24.6. The standard InChI is InChI=1S/C38H40BrN3O6/c1-40(2)36(44)32-21-29-31(41(32)18-17-24-13-16-33(47-4)30(39)19-24)20-27-23-42(35(43)26-9-7-6-8-10-26)38(34(27)29,37(45)48-5)22-25-11-14-28(46-3)15-12-25/h6-16,19,21,27,34H,17-18,20,22-23H2,1-5H3/t27?,34?,38-/m1/s1. The summed E-state index contributed by atoms with van der Waals surface area (Å²) in [6.07, 6.45) is 1.54. The zero-order chi connectivity index (χ0) is 34.2. The van der Waals surface area contributed by atoms with Crippen molar-refractivity contribution < 1.29 is 28.6 Å². The van der Waals surface area contributed by atoms with Crippen LogP contribution in [0.2, 0.25) is 0 Å². The summed E-state index contributed by atoms with van der Waals surface area (Å²) in [5.74, 6) is 0.195. The van der Waals surface area contributed by atoms with Gasteiger partial charge in [0.2, 0.25) is 0 Å². The molecule has 4 aromatic rings. The van der Waals surface area contributed by atoms with Crippen molar-refractivity contribution >= 4 is 33.7 Å². The second-order valence-corrected chi connectivity index (χ2v) is 13.5. The van der Waals surface area contributed by atoms with Gasteiger partial charge in [0, 0.05) is 50.8 Å². The third-order valence-electron chi connectivity index (χ3n) is 9.82. The number of nitrogens with zero attached hydrogens (tertiary/aromatic N) is 3. The van der Waals surface area contributed by atoms with E-state index in [1.807, 2.05) is 66.7 Å². The average molecular weight is 715 g/mol. The van der Waals surface area contributed by atoms with Gasteiger partial charge in [-0.15, -0.1) is 0 Å². The van der Waals surface area contributed by atoms with Gasteiger partial charge < -0.3 is 28.6 Å². The first kappa shape index (κ1) is 33.3. The van der Waals surface area contributed by atoms with Crippen LogP contribution < -0.4 is 9.47 Å². The molecule has 6 rings (SSSR count). The van der Waals surface area contributed by atoms with Gasteiger partial charge in [0.05, 0.1) is 25.8 Å². The van der Waals surface area contributed by atoms with Crippen molar-refractivity contribution in [2.75, 3.05) is 42.0 Å². The molecule has 3 atom stereocenters. The fourth-order valence-corrected chi connectivity index (χ4v) is 8.21. The van der Waals surface area contributed by atoms with E-state index in [1.54, 1.807) is 50.2 Å². The van der Waals surface area contributed by atoms with Gasteiger partial charge >= 0.3 is 5.97 Å². The van der Waals surface area contributed by atoms with Crippen LogP contribution in [0, 0.1) is 5.92 Å². The number of amides is 2. The number of benzene rings is 3. The topological polar surface area (TPSA) is 90.3 Å². The van der Waals surface area contributed by atoms with Gasteiger partial charge in [-0.05, 0) is 93.8 Å². The second kappa shape index (κ2) is 13.5. The van der Waals surface area contributed by atoms with Crippen LogP contribution in [-0.4, -0.2) is 79.7 Å². The maximum Gasteiger partial charge on any atom is 0.332 e. The van der Waals surface area contributed by atoms with Gasteiger partial charge in [-0.2, -0.15) is 0 Å². The Morgan fingerprint density at radius 2 is 1.62 bits per heavy atom. The van der Waals surface area contributed by atoms with E-state index >= 15 is 0 Å². The molecule has 1 saturated heterocycles. The first-order valence-corrected chi connectivity index (χ1v) is 16.8. The predicted molar refractivity (Wildman–Crippen MR) is 186 cm³/mol. The SMILES string of the molecule is COC(=O)[C@@]1(Cc2ccc(OC)cc2)C2c3cc(C(=O)N(C)C)n(CCc4ccc(OC)c(Br)c4)c3CC2CN1C(=O)c1ccccc1. The largest absolute Gasteiger partial charge is 0.497 e. The average Bonchev–Trinajstić information content (AvgIpc) is 3.74. The van der Waals surface area contributed by atoms with Gasteiger partial charge in [0.1, 0.15) is 17.2 Å². The number of hydrogen-bond donors (Lipinski definition) is 0. The van der Waals surface area contributed by atoms with Gasteiger partial charge in [-0.3, -0.25) is 9.59 Å². The summed E-state index contributed by atoms with van der Waals surface area (Å²) in [5.41, 5.74) is 3.63. The number of ether oxygens (including phenoxy) is 3. The molecule has 3 aromatic carbocycles. The lowest BCUT2D eigenvalue weighted by Gasteiger charge is -2.40. The van der Waals surface area contributed by atoms with Crippen LogP contribution in [0.1, 0.15) is 49.1 Å². The Hall–Kier alpha value is -4.57. The van der Waals surface area contributed by atoms with Gasteiger partial charge in [0.25, 0.3) is 11.8 Å². The van der Waals surface area contributed by atoms with Crippen LogP contribution in [0.5, 0.6) is 11.5 Å². The van der Waals surface area contributed by atoms with E-state index in [9.17, 15) is 14.4 Å². The van der Waals surface area contributed by atoms with Crippen molar-refractivity contribution in [1.82, 2.24) is 14.4 Å². The molecule has 48 heavy (non-hydrogen) atoms. The van der Waals surface area contributed by atoms with Crippen LogP contribution >= 0.6 is 15.9 Å². The Labute approximate surface area is 289 Å². The van der Waals surface area contributed by atoms with Crippen LogP contribution in [0.4, 0.5) is 0 Å². The Balaban J connectivity index is 1.48. The third kappa shape index (κ3) is 5.76. The summed E-state index contributed by atoms with van der Waals surface area (Å²) in [4.78, 5) is 45.7. The van der Waals surface area contributed by atoms with Crippen molar-refractivity contribution in [3.8, 4) is 11.5 Å². The third-order valence-corrected chi connectivity index (χ3v) is 10.4. The molecule has 2 unspecified atom stereocenters. The first-order chi connectivity index (χ1) is 23.1. The molecule has 1 fully saturated rings. The lowest BCUT2D eigenvalue weighted by molar-refractivity contribution is -0.153. The summed E-state index contributed by atoms with van der Waals surface area (Å²) < 4.78 is 19.4. The molecule has 0 saturated carbocycles. The Morgan fingerprint density at radius 1 is 0.917 bits per heavy atom. The van der Waals surface area contributed by atoms with Crippen LogP contribution in [0.15, 0.2) is 83.3 Å². The van der Waals surface area contributed by atoms with E-state index in [2.05, 4.69) is 20.5 Å². The van der Waals surface area contributed by atoms with E-state index in [0.29, 0.717) is 42.9 Å². The molecule has 1 aliphatic carbocycles. The summed E-state index contributed by atoms with van der Waals surface area (Å²) >= 11 is 3.59. The molecule has 9 nitrogen and oxygen atoms in total. The minimum Gasteiger partial charge on any atom is -0.497 e. The van der Waals surface area contributed by atoms with E-state index < -0.39 is 11.5 Å². The molecule has 0 spiro atoms. The zero-order valence-corrected chi connectivity index (χ0v) is 29.5. The number of fused-ring (bicyclic) bond motifs is 3. The lowest BCUT2D eigenvalue weighted by atomic mass is 9.75. The Kier molecular flexibility index (Phi) is 9.38. The fourth-order valence-electron chi connectivity index (χ4n) is 7.62. The zero-order valence-electron chi connectivity index (χ0n) is 27.9. The molecule has 1 aliphatic heterocycles. The first-order valence-electron chi connectivity index (χ1n) is 16.0. The highest BCUT2D eigenvalue weighted by atomic mass is 79.9. The predicted octanol–water partition coefficient (Wildman–Crippen LogP) is 5.78. The van der Waals surface area contributed by atoms with Crippen molar-refractivity contribution in [2.45, 2.75) is 37.3 Å². The smallest absolute Gasteiger partial charge is 0.332 e. The highest BCUT2D eigenvalue weighted by molar-refractivity contribution is 9.10. The Bertz CT molecular complexity index is 1840. The number of hydrogen-bond acceptors (Lipinski definition) is 6. The number of halogens is 1. The summed E-state index contributed by atoms with van der Waals surface area (Å²) in [6.45, 7) is 0.944. The van der Waals surface area contributed by atoms with Crippen LogP contribution in [-0.2, 0) is 35.3 Å². The molecule has 2 heterocycles. The van der Waals surface area contributed by atoms with Crippen molar-refractivity contribution in [3.63, 3.8) is 0 Å². The van der Waals surface area contributed by atoms with E-state index in [0.717, 1.165) is 32.6 Å². The van der Waals surface area contributed by atoms with Crippen LogP contribution in [0.3, 0.4) is 0 Å². The van der Waals surface area contributed by atoms with Gasteiger partial charge in [-0.25, -0.2) is 4.79 Å². The molecule has 1 aromatic heterocycles. The maximum absolute atomic E-state index is 14.4. The molecule has 2 amide bonds. The second-order valence-electron chi connectivity index (χ2n) is 12.7. The molecular formula is C38H40BrN3O6. The Morgan fingerprint density at radius 3 is 2.25 bits per heavy atom. The summed E-state index contributed by atoms with van der Waals surface area (Å²) in [5, 5.41) is 0. The molecule has 0 N–H and O–H groups in total. The van der Waals surface area contributed by atoms with Gasteiger partial charge in [-0.1, -0.05) is 36.4 Å². The number of aryl methyl sites for hydroxylation is 1. The highest BCUT2D eigenvalue weighted by Crippen LogP contribution is 2.55. The highest BCUT2D eigenvalue weighted by Gasteiger charge is 2.64. The molecule has 0 bridgehead atoms. The number of esters is 1. The normalized spacial score (nSPS) is 19.4. The van der Waals surface area contributed by atoms with Crippen molar-refractivity contribution in [3.05, 3.63) is 117 Å². The minimum absolute atomic E-state index is 0.0510. The fraction of sp³-hybridized carbons (Fsp3) is 0.342. The summed E-state index contributed by atoms with van der Waals surface area (Å²) in [7, 11) is 8.11. The quantitative estimate of drug-likeness (QED) is 0.194. The number of aromatic nitrogens is 1. The van der Waals surface area contributed by atoms with Crippen molar-refractivity contribution in [2.24, 2.45) is 5.92 Å². The van der Waals surface area contributed by atoms with E-state index in [1.165, 1.54) is 7.11 Å². The lowest BCUT2D eigenvalue weighted by Crippen LogP contribution is -2.58. The van der Waals surface area contributed by atoms with Crippen LogP contribution in [0.25, 0.3) is 0 Å². The van der Waals surface area contributed by atoms with E-state index in [4.69, 9.17) is 14.2 Å². The van der Waals surface area contributed by atoms with Crippen molar-refractivity contribution in [1.29, 1.82) is 0 Å². The minimum atomic E-state index is -1.35. The molecule has 2 aliphatic rings. The van der Waals surface area contributed by atoms with E-state index in [-0.39, 0.29) is 30.1 Å². The number of methoxy groups -OCH3 is 3. The number of carbonyl (C=O) groups is 3. The monoisotopic (exact) mass is 713 g/mol. The molecule has 10 heteroatoms. The number of rotatable bonds is 10. The number of likely N-dealkylation sites (tertiary alicyclic amines) is 1. The number of carbonyl (C=O) groups excluding carboxylic acids is 3. The molecule has 250 valence electrons. The molecule has 0 radical (unpaired) electrons. The maximum atomic E-state index is 14.4.